The molecule has 0 radical (unpaired) electrons. The molecule has 2 fully saturated rings. The first-order valence-electron chi connectivity index (χ1n) is 11.0. The Hall–Kier alpha value is -1.89. The first-order valence-corrected chi connectivity index (χ1v) is 11.3. The van der Waals surface area contributed by atoms with Crippen molar-refractivity contribution in [2.45, 2.75) is 58.1 Å². The third-order valence-corrected chi connectivity index (χ3v) is 7.73. The molecule has 6 nitrogen and oxygen atoms in total. The van der Waals surface area contributed by atoms with E-state index in [0.717, 1.165) is 67.2 Å². The maximum Gasteiger partial charge on any atom is 0.153 e. The molecule has 7 heteroatoms. The van der Waals surface area contributed by atoms with E-state index in [1.807, 2.05) is 19.1 Å². The van der Waals surface area contributed by atoms with Gasteiger partial charge in [0, 0.05) is 31.1 Å². The van der Waals surface area contributed by atoms with E-state index in [2.05, 4.69) is 4.90 Å². The molecule has 0 unspecified atom stereocenters. The quantitative estimate of drug-likeness (QED) is 0.776. The third kappa shape index (κ3) is 3.17. The van der Waals surface area contributed by atoms with Gasteiger partial charge in [-0.1, -0.05) is 30.2 Å². The smallest absolute Gasteiger partial charge is 0.153 e. The van der Waals surface area contributed by atoms with Crippen LogP contribution in [0.2, 0.25) is 5.02 Å². The summed E-state index contributed by atoms with van der Waals surface area (Å²) in [5, 5.41) is 10.7. The molecule has 0 amide bonds. The number of aromatic nitrogens is 2. The minimum atomic E-state index is -0.157. The van der Waals surface area contributed by atoms with E-state index < -0.39 is 0 Å². The second-order valence-corrected chi connectivity index (χ2v) is 9.33. The lowest BCUT2D eigenvalue weighted by atomic mass is 9.74. The highest BCUT2D eigenvalue weighted by atomic mass is 35.5. The molecular formula is C23H29ClN4O2. The first-order chi connectivity index (χ1) is 14.5. The Bertz CT molecular complexity index is 972. The number of nitrogens with two attached hydrogens (primary N) is 1. The second kappa shape index (κ2) is 7.66. The van der Waals surface area contributed by atoms with E-state index in [1.54, 1.807) is 0 Å². The number of halogens is 1. The van der Waals surface area contributed by atoms with Crippen molar-refractivity contribution in [3.05, 3.63) is 34.1 Å². The largest absolute Gasteiger partial charge is 0.491 e. The Morgan fingerprint density at radius 3 is 2.77 bits per heavy atom. The normalized spacial score (nSPS) is 22.4. The van der Waals surface area contributed by atoms with Crippen LogP contribution >= 0.6 is 11.6 Å². The number of anilines is 1. The van der Waals surface area contributed by atoms with E-state index in [9.17, 15) is 5.11 Å². The molecule has 1 saturated heterocycles. The highest BCUT2D eigenvalue weighted by Crippen LogP contribution is 2.46. The summed E-state index contributed by atoms with van der Waals surface area (Å²) in [6, 6.07) is 4.35. The number of piperidine rings is 1. The van der Waals surface area contributed by atoms with Gasteiger partial charge in [0.25, 0.3) is 0 Å². The van der Waals surface area contributed by atoms with E-state index in [-0.39, 0.29) is 12.0 Å². The van der Waals surface area contributed by atoms with Gasteiger partial charge in [-0.05, 0) is 43.6 Å². The standard InChI is InChI=1S/C23H29ClN4O2/c1-14-20(16-5-4-15-6-12-30-21(15)19(16)24)27-17(13-29)22(26-14)28-10-8-23(9-11-28)7-2-3-18(23)25/h4-5,18,29H,2-3,6-13,25H2,1H3/t18-/m1/s1. The van der Waals surface area contributed by atoms with Crippen LogP contribution in [0, 0.1) is 12.3 Å². The molecule has 3 heterocycles. The van der Waals surface area contributed by atoms with Crippen LogP contribution in [0.4, 0.5) is 5.82 Å². The van der Waals surface area contributed by atoms with Crippen molar-refractivity contribution in [1.29, 1.82) is 0 Å². The minimum Gasteiger partial charge on any atom is -0.491 e. The summed E-state index contributed by atoms with van der Waals surface area (Å²) in [4.78, 5) is 12.0. The van der Waals surface area contributed by atoms with Crippen LogP contribution in [0.25, 0.3) is 11.3 Å². The molecule has 2 aromatic rings. The van der Waals surface area contributed by atoms with Crippen LogP contribution in [0.1, 0.15) is 49.1 Å². The Morgan fingerprint density at radius 2 is 2.07 bits per heavy atom. The second-order valence-electron chi connectivity index (χ2n) is 8.95. The molecule has 1 saturated carbocycles. The predicted molar refractivity (Wildman–Crippen MR) is 118 cm³/mol. The zero-order valence-electron chi connectivity index (χ0n) is 17.5. The molecule has 2 aliphatic heterocycles. The predicted octanol–water partition coefficient (Wildman–Crippen LogP) is 3.63. The highest BCUT2D eigenvalue weighted by molar-refractivity contribution is 6.35. The fourth-order valence-electron chi connectivity index (χ4n) is 5.50. The molecule has 5 rings (SSSR count). The summed E-state index contributed by atoms with van der Waals surface area (Å²) >= 11 is 6.65. The summed E-state index contributed by atoms with van der Waals surface area (Å²) in [6.07, 6.45) is 6.64. The number of aliphatic hydroxyl groups is 1. The Kier molecular flexibility index (Phi) is 5.12. The maximum atomic E-state index is 10.1. The molecule has 3 N–H and O–H groups in total. The maximum absolute atomic E-state index is 10.1. The summed E-state index contributed by atoms with van der Waals surface area (Å²) < 4.78 is 5.71. The van der Waals surface area contributed by atoms with Gasteiger partial charge in [0.15, 0.2) is 5.82 Å². The van der Waals surface area contributed by atoms with Crippen molar-refractivity contribution in [1.82, 2.24) is 9.97 Å². The summed E-state index contributed by atoms with van der Waals surface area (Å²) in [5.41, 5.74) is 10.8. The van der Waals surface area contributed by atoms with Gasteiger partial charge in [0.1, 0.15) is 11.4 Å². The van der Waals surface area contributed by atoms with Gasteiger partial charge < -0.3 is 20.5 Å². The zero-order valence-corrected chi connectivity index (χ0v) is 18.2. The summed E-state index contributed by atoms with van der Waals surface area (Å²) in [5.74, 6) is 1.54. The SMILES string of the molecule is Cc1nc(N2CCC3(CCC[C@H]3N)CC2)c(CO)nc1-c1ccc2c(c1Cl)OCC2. The number of aliphatic hydroxyl groups excluding tert-OH is 1. The number of hydrogen-bond acceptors (Lipinski definition) is 6. The monoisotopic (exact) mass is 428 g/mol. The topological polar surface area (TPSA) is 84.5 Å². The molecule has 1 atom stereocenters. The average molecular weight is 429 g/mol. The van der Waals surface area contributed by atoms with Crippen LogP contribution < -0.4 is 15.4 Å². The molecule has 1 aromatic heterocycles. The Morgan fingerprint density at radius 1 is 1.27 bits per heavy atom. The van der Waals surface area contributed by atoms with Gasteiger partial charge in [-0.3, -0.25) is 0 Å². The van der Waals surface area contributed by atoms with Crippen LogP contribution in [0.15, 0.2) is 12.1 Å². The number of fused-ring (bicyclic) bond motifs is 1. The van der Waals surface area contributed by atoms with Crippen molar-refractivity contribution < 1.29 is 9.84 Å². The molecule has 0 bridgehead atoms. The van der Waals surface area contributed by atoms with Crippen molar-refractivity contribution >= 4 is 17.4 Å². The molecule has 1 aromatic carbocycles. The third-order valence-electron chi connectivity index (χ3n) is 7.36. The lowest BCUT2D eigenvalue weighted by Crippen LogP contribution is -2.47. The molecule has 160 valence electrons. The van der Waals surface area contributed by atoms with E-state index in [0.29, 0.717) is 29.1 Å². The van der Waals surface area contributed by atoms with Gasteiger partial charge in [0.2, 0.25) is 0 Å². The van der Waals surface area contributed by atoms with Crippen molar-refractivity contribution in [3.8, 4) is 17.0 Å². The molecule has 3 aliphatic rings. The molecule has 1 aliphatic carbocycles. The zero-order chi connectivity index (χ0) is 20.9. The number of benzene rings is 1. The van der Waals surface area contributed by atoms with Gasteiger partial charge in [0.05, 0.1) is 29.6 Å². The Labute approximate surface area is 182 Å². The van der Waals surface area contributed by atoms with Crippen LogP contribution in [0.3, 0.4) is 0 Å². The number of aryl methyl sites for hydroxylation is 1. The van der Waals surface area contributed by atoms with Gasteiger partial charge in [-0.2, -0.15) is 0 Å². The fraction of sp³-hybridized carbons (Fsp3) is 0.565. The van der Waals surface area contributed by atoms with E-state index in [1.165, 1.54) is 12.8 Å². The minimum absolute atomic E-state index is 0.157. The number of ether oxygens (including phenoxy) is 1. The summed E-state index contributed by atoms with van der Waals surface area (Å²) in [7, 11) is 0. The van der Waals surface area contributed by atoms with Crippen molar-refractivity contribution in [3.63, 3.8) is 0 Å². The van der Waals surface area contributed by atoms with Gasteiger partial charge in [-0.15, -0.1) is 0 Å². The van der Waals surface area contributed by atoms with Crippen LogP contribution in [0.5, 0.6) is 5.75 Å². The van der Waals surface area contributed by atoms with Gasteiger partial charge >= 0.3 is 0 Å². The number of hydrogen-bond donors (Lipinski definition) is 2. The summed E-state index contributed by atoms with van der Waals surface area (Å²) in [6.45, 7) is 4.26. The number of nitrogens with zero attached hydrogens (tertiary/aromatic N) is 3. The van der Waals surface area contributed by atoms with Gasteiger partial charge in [-0.25, -0.2) is 9.97 Å². The van der Waals surface area contributed by atoms with Crippen LogP contribution in [-0.2, 0) is 13.0 Å². The number of rotatable bonds is 3. The van der Waals surface area contributed by atoms with Crippen molar-refractivity contribution in [2.75, 3.05) is 24.6 Å². The first kappa shape index (κ1) is 20.0. The molecular weight excluding hydrogens is 400 g/mol. The lowest BCUT2D eigenvalue weighted by Gasteiger charge is -2.42. The molecule has 30 heavy (non-hydrogen) atoms. The fourth-order valence-corrected chi connectivity index (χ4v) is 5.83. The lowest BCUT2D eigenvalue weighted by molar-refractivity contribution is 0.196. The van der Waals surface area contributed by atoms with E-state index >= 15 is 0 Å². The van der Waals surface area contributed by atoms with Crippen molar-refractivity contribution in [2.24, 2.45) is 11.1 Å². The Balaban J connectivity index is 1.46. The van der Waals surface area contributed by atoms with Crippen LogP contribution in [-0.4, -0.2) is 40.8 Å². The highest BCUT2D eigenvalue weighted by Gasteiger charge is 2.43. The average Bonchev–Trinajstić information content (AvgIpc) is 3.37. The molecule has 1 spiro atoms. The van der Waals surface area contributed by atoms with E-state index in [4.69, 9.17) is 32.0 Å².